The molecule has 140 valence electrons. The van der Waals surface area contributed by atoms with E-state index in [1.165, 1.54) is 12.8 Å². The number of amides is 1. The van der Waals surface area contributed by atoms with Gasteiger partial charge in [0, 0.05) is 36.7 Å². The summed E-state index contributed by atoms with van der Waals surface area (Å²) in [5, 5.41) is 3.97. The molecule has 1 amide bonds. The number of pyridine rings is 1. The molecule has 3 heterocycles. The topological polar surface area (TPSA) is 61.0 Å². The molecule has 6 heteroatoms. The molecule has 1 fully saturated rings. The molecule has 27 heavy (non-hydrogen) atoms. The first kappa shape index (κ1) is 18.0. The minimum Gasteiger partial charge on any atom is -0.357 e. The molecule has 1 saturated heterocycles. The largest absolute Gasteiger partial charge is 0.357 e. The van der Waals surface area contributed by atoms with E-state index < -0.39 is 0 Å². The van der Waals surface area contributed by atoms with Crippen LogP contribution in [0.15, 0.2) is 47.1 Å². The third-order valence-corrected chi connectivity index (χ3v) is 6.06. The molecule has 1 aliphatic heterocycles. The summed E-state index contributed by atoms with van der Waals surface area (Å²) in [6, 6.07) is 11.9. The SMILES string of the molecule is CC1CCN(c2ccc(CNC(=O)c3[nH]c4ccccc4c3Br)cn2)CC1. The average Bonchev–Trinajstić information content (AvgIpc) is 3.04. The molecule has 0 unspecified atom stereocenters. The van der Waals surface area contributed by atoms with Crippen LogP contribution in [0.2, 0.25) is 0 Å². The second-order valence-corrected chi connectivity index (χ2v) is 8.03. The minimum atomic E-state index is -0.132. The summed E-state index contributed by atoms with van der Waals surface area (Å²) in [6.45, 7) is 4.89. The number of hydrogen-bond donors (Lipinski definition) is 2. The van der Waals surface area contributed by atoms with E-state index in [1.54, 1.807) is 0 Å². The van der Waals surface area contributed by atoms with Crippen LogP contribution >= 0.6 is 15.9 Å². The maximum Gasteiger partial charge on any atom is 0.269 e. The van der Waals surface area contributed by atoms with Crippen LogP contribution in [0.5, 0.6) is 0 Å². The van der Waals surface area contributed by atoms with Crippen molar-refractivity contribution in [2.45, 2.75) is 26.3 Å². The molecule has 0 aliphatic carbocycles. The number of aromatic nitrogens is 2. The highest BCUT2D eigenvalue weighted by Crippen LogP contribution is 2.27. The van der Waals surface area contributed by atoms with Crippen molar-refractivity contribution in [1.29, 1.82) is 0 Å². The van der Waals surface area contributed by atoms with Gasteiger partial charge in [-0.15, -0.1) is 0 Å². The first-order chi connectivity index (χ1) is 13.1. The zero-order valence-electron chi connectivity index (χ0n) is 15.3. The van der Waals surface area contributed by atoms with Gasteiger partial charge in [0.15, 0.2) is 0 Å². The second-order valence-electron chi connectivity index (χ2n) is 7.24. The van der Waals surface area contributed by atoms with Gasteiger partial charge in [-0.05, 0) is 52.4 Å². The number of carbonyl (C=O) groups is 1. The van der Waals surface area contributed by atoms with Gasteiger partial charge >= 0.3 is 0 Å². The number of anilines is 1. The van der Waals surface area contributed by atoms with Crippen molar-refractivity contribution in [3.8, 4) is 0 Å². The van der Waals surface area contributed by atoms with E-state index in [4.69, 9.17) is 0 Å². The van der Waals surface area contributed by atoms with Gasteiger partial charge < -0.3 is 15.2 Å². The van der Waals surface area contributed by atoms with Crippen LogP contribution in [-0.4, -0.2) is 29.0 Å². The number of H-pyrrole nitrogens is 1. The average molecular weight is 427 g/mol. The van der Waals surface area contributed by atoms with Crippen LogP contribution in [0.3, 0.4) is 0 Å². The number of hydrogen-bond acceptors (Lipinski definition) is 3. The van der Waals surface area contributed by atoms with Gasteiger partial charge in [0.2, 0.25) is 0 Å². The van der Waals surface area contributed by atoms with E-state index >= 15 is 0 Å². The summed E-state index contributed by atoms with van der Waals surface area (Å²) in [4.78, 5) is 22.7. The van der Waals surface area contributed by atoms with Crippen LogP contribution in [0, 0.1) is 5.92 Å². The lowest BCUT2D eigenvalue weighted by Gasteiger charge is -2.31. The number of nitrogens with one attached hydrogen (secondary N) is 2. The van der Waals surface area contributed by atoms with E-state index in [0.717, 1.165) is 45.8 Å². The Balaban J connectivity index is 1.39. The molecule has 0 bridgehead atoms. The first-order valence-electron chi connectivity index (χ1n) is 9.36. The lowest BCUT2D eigenvalue weighted by Crippen LogP contribution is -2.33. The highest BCUT2D eigenvalue weighted by atomic mass is 79.9. The van der Waals surface area contributed by atoms with Crippen LogP contribution in [-0.2, 0) is 6.54 Å². The van der Waals surface area contributed by atoms with Gasteiger partial charge in [0.25, 0.3) is 5.91 Å². The van der Waals surface area contributed by atoms with E-state index in [0.29, 0.717) is 12.2 Å². The Labute approximate surface area is 167 Å². The van der Waals surface area contributed by atoms with Gasteiger partial charge in [-0.25, -0.2) is 4.98 Å². The maximum atomic E-state index is 12.6. The highest BCUT2D eigenvalue weighted by Gasteiger charge is 2.17. The third-order valence-electron chi connectivity index (χ3n) is 5.24. The van der Waals surface area contributed by atoms with E-state index in [9.17, 15) is 4.79 Å². The van der Waals surface area contributed by atoms with Crippen molar-refractivity contribution in [3.63, 3.8) is 0 Å². The van der Waals surface area contributed by atoms with Gasteiger partial charge in [0.05, 0.1) is 4.47 Å². The van der Waals surface area contributed by atoms with Crippen molar-refractivity contribution < 1.29 is 4.79 Å². The summed E-state index contributed by atoms with van der Waals surface area (Å²) < 4.78 is 0.795. The highest BCUT2D eigenvalue weighted by molar-refractivity contribution is 9.10. The van der Waals surface area contributed by atoms with Crippen LogP contribution in [0.1, 0.15) is 35.8 Å². The monoisotopic (exact) mass is 426 g/mol. The van der Waals surface area contributed by atoms with Crippen molar-refractivity contribution >= 4 is 38.6 Å². The molecular weight excluding hydrogens is 404 g/mol. The molecule has 1 aliphatic rings. The second kappa shape index (κ2) is 7.72. The number of rotatable bonds is 4. The Kier molecular flexibility index (Phi) is 5.16. The van der Waals surface area contributed by atoms with Crippen LogP contribution < -0.4 is 10.2 Å². The number of halogens is 1. The molecule has 3 aromatic rings. The van der Waals surface area contributed by atoms with Crippen molar-refractivity contribution in [2.75, 3.05) is 18.0 Å². The quantitative estimate of drug-likeness (QED) is 0.645. The molecule has 5 nitrogen and oxygen atoms in total. The summed E-state index contributed by atoms with van der Waals surface area (Å²) >= 11 is 3.53. The molecule has 1 aromatic carbocycles. The number of nitrogens with zero attached hydrogens (tertiary/aromatic N) is 2. The molecule has 2 aromatic heterocycles. The normalized spacial score (nSPS) is 15.3. The van der Waals surface area contributed by atoms with Gasteiger partial charge in [0.1, 0.15) is 11.5 Å². The number of piperidine rings is 1. The number of benzene rings is 1. The fraction of sp³-hybridized carbons (Fsp3) is 0.333. The van der Waals surface area contributed by atoms with Gasteiger partial charge in [-0.1, -0.05) is 31.2 Å². The van der Waals surface area contributed by atoms with Crippen molar-refractivity contribution in [3.05, 3.63) is 58.3 Å². The number of aromatic amines is 1. The zero-order chi connectivity index (χ0) is 18.8. The standard InChI is InChI=1S/C21H23BrN4O/c1-14-8-10-26(11-9-14)18-7-6-15(12-23-18)13-24-21(27)20-19(22)16-4-2-3-5-17(16)25-20/h2-7,12,14,25H,8-11,13H2,1H3,(H,24,27). The third kappa shape index (κ3) is 3.86. The van der Waals surface area contributed by atoms with E-state index in [1.807, 2.05) is 36.5 Å². The number of carbonyl (C=O) groups excluding carboxylic acids is 1. The lowest BCUT2D eigenvalue weighted by atomic mass is 9.99. The number of fused-ring (bicyclic) bond motifs is 1. The van der Waals surface area contributed by atoms with E-state index in [-0.39, 0.29) is 5.91 Å². The molecule has 0 spiro atoms. The van der Waals surface area contributed by atoms with Crippen molar-refractivity contribution in [1.82, 2.24) is 15.3 Å². The Morgan fingerprint density at radius 3 is 2.74 bits per heavy atom. The minimum absolute atomic E-state index is 0.132. The molecule has 2 N–H and O–H groups in total. The fourth-order valence-corrected chi connectivity index (χ4v) is 4.11. The van der Waals surface area contributed by atoms with Crippen LogP contribution in [0.4, 0.5) is 5.82 Å². The lowest BCUT2D eigenvalue weighted by molar-refractivity contribution is 0.0946. The molecule has 0 saturated carbocycles. The first-order valence-corrected chi connectivity index (χ1v) is 10.2. The summed E-state index contributed by atoms with van der Waals surface area (Å²) in [6.07, 6.45) is 4.30. The molecule has 0 atom stereocenters. The summed E-state index contributed by atoms with van der Waals surface area (Å²) in [7, 11) is 0. The fourth-order valence-electron chi connectivity index (χ4n) is 3.48. The smallest absolute Gasteiger partial charge is 0.269 e. The Morgan fingerprint density at radius 1 is 1.26 bits per heavy atom. The Bertz CT molecular complexity index is 942. The van der Waals surface area contributed by atoms with Gasteiger partial charge in [-0.3, -0.25) is 4.79 Å². The Hall–Kier alpha value is -2.34. The summed E-state index contributed by atoms with van der Waals surface area (Å²) in [5.74, 6) is 1.70. The number of para-hydroxylation sites is 1. The van der Waals surface area contributed by atoms with Crippen LogP contribution in [0.25, 0.3) is 10.9 Å². The predicted molar refractivity (Wildman–Crippen MR) is 112 cm³/mol. The Morgan fingerprint density at radius 2 is 2.04 bits per heavy atom. The molecule has 4 rings (SSSR count). The van der Waals surface area contributed by atoms with E-state index in [2.05, 4.69) is 49.1 Å². The molecular formula is C21H23BrN4O. The predicted octanol–water partition coefficient (Wildman–Crippen LogP) is 4.49. The zero-order valence-corrected chi connectivity index (χ0v) is 16.9. The molecule has 0 radical (unpaired) electrons. The maximum absolute atomic E-state index is 12.6. The van der Waals surface area contributed by atoms with Crippen molar-refractivity contribution in [2.24, 2.45) is 5.92 Å². The van der Waals surface area contributed by atoms with Gasteiger partial charge in [-0.2, -0.15) is 0 Å². The summed E-state index contributed by atoms with van der Waals surface area (Å²) in [5.41, 5.74) is 2.48.